The highest BCUT2D eigenvalue weighted by molar-refractivity contribution is 5.45. The summed E-state index contributed by atoms with van der Waals surface area (Å²) in [6.07, 6.45) is 20.4. The molecule has 1 aromatic rings. The van der Waals surface area contributed by atoms with Crippen molar-refractivity contribution in [2.24, 2.45) is 0 Å². The van der Waals surface area contributed by atoms with Crippen LogP contribution in [0.25, 0.3) is 0 Å². The first-order valence-corrected chi connectivity index (χ1v) is 6.80. The van der Waals surface area contributed by atoms with Gasteiger partial charge in [0.05, 0.1) is 0 Å². The van der Waals surface area contributed by atoms with Gasteiger partial charge in [-0.05, 0) is 31.1 Å². The molecule has 0 saturated heterocycles. The summed E-state index contributed by atoms with van der Waals surface area (Å²) in [6, 6.07) is 10.0. The van der Waals surface area contributed by atoms with E-state index >= 15 is 0 Å². The lowest BCUT2D eigenvalue weighted by atomic mass is 10.2. The van der Waals surface area contributed by atoms with Crippen LogP contribution in [0.1, 0.15) is 12.8 Å². The summed E-state index contributed by atoms with van der Waals surface area (Å²) < 4.78 is 0. The largest absolute Gasteiger partial charge is 0.362 e. The maximum absolute atomic E-state index is 8.00. The normalized spacial score (nSPS) is 12.2. The number of para-hydroxylation sites is 1. The van der Waals surface area contributed by atoms with Gasteiger partial charge in [0.1, 0.15) is 6.79 Å². The fraction of sp³-hybridized carbons (Fsp3) is 0.105. The van der Waals surface area contributed by atoms with Gasteiger partial charge in [-0.2, -0.15) is 0 Å². The highest BCUT2D eigenvalue weighted by Gasteiger charge is 1.81. The molecule has 0 amide bonds. The zero-order valence-corrected chi connectivity index (χ0v) is 12.3. The summed E-state index contributed by atoms with van der Waals surface area (Å²) in [5.74, 6) is 0. The average molecular weight is 281 g/mol. The van der Waals surface area contributed by atoms with Crippen LogP contribution in [0.3, 0.4) is 0 Å². The zero-order valence-electron chi connectivity index (χ0n) is 12.3. The zero-order chi connectivity index (χ0) is 15.6. The molecule has 0 aliphatic heterocycles. The highest BCUT2D eigenvalue weighted by atomic mass is 16.1. The Balaban J connectivity index is 0.000000416. The molecule has 110 valence electrons. The van der Waals surface area contributed by atoms with Crippen molar-refractivity contribution in [1.29, 1.82) is 0 Å². The number of hydrogen-bond donors (Lipinski definition) is 1. The molecule has 0 unspecified atom stereocenters. The predicted molar refractivity (Wildman–Crippen MR) is 93.2 cm³/mol. The van der Waals surface area contributed by atoms with E-state index in [-0.39, 0.29) is 0 Å². The number of carbonyl (C=O) groups excluding carboxylic acids is 1. The SMILES string of the molecule is C1=CCCC=C1.C=C/C=C\C=C\Nc1ccccc1.C=O. The Bertz CT molecular complexity index is 458. The van der Waals surface area contributed by atoms with Gasteiger partial charge >= 0.3 is 0 Å². The molecular weight excluding hydrogens is 258 g/mol. The van der Waals surface area contributed by atoms with Gasteiger partial charge in [0, 0.05) is 11.9 Å². The Morgan fingerprint density at radius 3 is 2.00 bits per heavy atom. The number of allylic oxidation sites excluding steroid dienone is 8. The molecular formula is C19H23NO. The fourth-order valence-corrected chi connectivity index (χ4v) is 1.42. The number of nitrogens with one attached hydrogen (secondary N) is 1. The van der Waals surface area contributed by atoms with Crippen molar-refractivity contribution in [3.63, 3.8) is 0 Å². The second-order valence-electron chi connectivity index (χ2n) is 3.92. The smallest absolute Gasteiger partial charge is 0.106 e. The van der Waals surface area contributed by atoms with Crippen molar-refractivity contribution in [3.05, 3.63) is 91.7 Å². The van der Waals surface area contributed by atoms with E-state index < -0.39 is 0 Å². The van der Waals surface area contributed by atoms with Gasteiger partial charge in [0.25, 0.3) is 0 Å². The van der Waals surface area contributed by atoms with Gasteiger partial charge in [-0.1, -0.05) is 67.3 Å². The minimum Gasteiger partial charge on any atom is -0.362 e. The lowest BCUT2D eigenvalue weighted by molar-refractivity contribution is -0.0979. The minimum absolute atomic E-state index is 1.09. The van der Waals surface area contributed by atoms with Crippen molar-refractivity contribution >= 4 is 12.5 Å². The summed E-state index contributed by atoms with van der Waals surface area (Å²) in [5.41, 5.74) is 1.09. The fourth-order valence-electron chi connectivity index (χ4n) is 1.42. The van der Waals surface area contributed by atoms with Gasteiger partial charge in [-0.3, -0.25) is 0 Å². The molecule has 2 heteroatoms. The monoisotopic (exact) mass is 281 g/mol. The lowest BCUT2D eigenvalue weighted by Crippen LogP contribution is -1.84. The number of anilines is 1. The third-order valence-electron chi connectivity index (χ3n) is 2.36. The van der Waals surface area contributed by atoms with E-state index in [0.717, 1.165) is 5.69 Å². The van der Waals surface area contributed by atoms with E-state index in [1.807, 2.05) is 61.5 Å². The lowest BCUT2D eigenvalue weighted by Gasteiger charge is -1.96. The Morgan fingerprint density at radius 2 is 1.52 bits per heavy atom. The molecule has 1 aliphatic rings. The van der Waals surface area contributed by atoms with Gasteiger partial charge < -0.3 is 10.1 Å². The molecule has 0 fully saturated rings. The van der Waals surface area contributed by atoms with Crippen LogP contribution < -0.4 is 5.32 Å². The summed E-state index contributed by atoms with van der Waals surface area (Å²) in [6.45, 7) is 5.58. The average Bonchev–Trinajstić information content (AvgIpc) is 2.60. The van der Waals surface area contributed by atoms with E-state index in [4.69, 9.17) is 4.79 Å². The molecule has 0 aromatic heterocycles. The van der Waals surface area contributed by atoms with Gasteiger partial charge in [0.15, 0.2) is 0 Å². The maximum atomic E-state index is 8.00. The summed E-state index contributed by atoms with van der Waals surface area (Å²) in [4.78, 5) is 8.00. The number of rotatable bonds is 4. The first kappa shape index (κ1) is 18.4. The van der Waals surface area contributed by atoms with Crippen LogP contribution in [0, 0.1) is 0 Å². The minimum atomic E-state index is 1.09. The standard InChI is InChI=1S/C12H13N.C6H8.CH2O/c1-2-3-4-8-11-13-12-9-6-5-7-10-12;1-2-4-6-5-3-1;1-2/h2-11,13H,1H2;1-4H,5-6H2;1H2/b4-3-,11-8+;;. The topological polar surface area (TPSA) is 29.1 Å². The molecule has 2 nitrogen and oxygen atoms in total. The van der Waals surface area contributed by atoms with Crippen LogP contribution in [0.5, 0.6) is 0 Å². The van der Waals surface area contributed by atoms with Crippen molar-refractivity contribution in [3.8, 4) is 0 Å². The van der Waals surface area contributed by atoms with Gasteiger partial charge in [0.2, 0.25) is 0 Å². The van der Waals surface area contributed by atoms with Crippen molar-refractivity contribution in [2.75, 3.05) is 5.32 Å². The third-order valence-corrected chi connectivity index (χ3v) is 2.36. The van der Waals surface area contributed by atoms with E-state index in [0.29, 0.717) is 0 Å². The third kappa shape index (κ3) is 12.2. The Morgan fingerprint density at radius 1 is 0.905 bits per heavy atom. The highest BCUT2D eigenvalue weighted by Crippen LogP contribution is 2.04. The molecule has 0 heterocycles. The quantitative estimate of drug-likeness (QED) is 0.781. The molecule has 0 atom stereocenters. The first-order chi connectivity index (χ1) is 10.4. The van der Waals surface area contributed by atoms with Gasteiger partial charge in [-0.15, -0.1) is 0 Å². The Kier molecular flexibility index (Phi) is 13.5. The number of benzene rings is 1. The van der Waals surface area contributed by atoms with Gasteiger partial charge in [-0.25, -0.2) is 0 Å². The van der Waals surface area contributed by atoms with Crippen LogP contribution in [-0.2, 0) is 4.79 Å². The summed E-state index contributed by atoms with van der Waals surface area (Å²) in [5, 5.41) is 3.14. The van der Waals surface area contributed by atoms with Crippen LogP contribution >= 0.6 is 0 Å². The van der Waals surface area contributed by atoms with E-state index in [1.54, 1.807) is 6.08 Å². The van der Waals surface area contributed by atoms with Crippen molar-refractivity contribution in [2.45, 2.75) is 12.8 Å². The molecule has 1 N–H and O–H groups in total. The van der Waals surface area contributed by atoms with E-state index in [9.17, 15) is 0 Å². The second kappa shape index (κ2) is 15.4. The molecule has 1 aromatic carbocycles. The molecule has 1 aliphatic carbocycles. The first-order valence-electron chi connectivity index (χ1n) is 6.80. The molecule has 0 bridgehead atoms. The summed E-state index contributed by atoms with van der Waals surface area (Å²) in [7, 11) is 0. The number of carbonyl (C=O) groups is 1. The van der Waals surface area contributed by atoms with E-state index in [1.165, 1.54) is 12.8 Å². The molecule has 21 heavy (non-hydrogen) atoms. The molecule has 0 spiro atoms. The maximum Gasteiger partial charge on any atom is 0.106 e. The predicted octanol–water partition coefficient (Wildman–Crippen LogP) is 5.06. The molecule has 0 radical (unpaired) electrons. The second-order valence-corrected chi connectivity index (χ2v) is 3.92. The van der Waals surface area contributed by atoms with Crippen LogP contribution in [0.4, 0.5) is 5.69 Å². The molecule has 2 rings (SSSR count). The summed E-state index contributed by atoms with van der Waals surface area (Å²) >= 11 is 0. The number of hydrogen-bond acceptors (Lipinski definition) is 2. The Labute approximate surface area is 127 Å². The Hall–Kier alpha value is -2.61. The van der Waals surface area contributed by atoms with Crippen LogP contribution in [0.15, 0.2) is 91.7 Å². The van der Waals surface area contributed by atoms with Crippen LogP contribution in [0.2, 0.25) is 0 Å². The van der Waals surface area contributed by atoms with Crippen molar-refractivity contribution in [1.82, 2.24) is 0 Å². The van der Waals surface area contributed by atoms with Crippen LogP contribution in [-0.4, -0.2) is 6.79 Å². The molecule has 0 saturated carbocycles. The van der Waals surface area contributed by atoms with Crippen molar-refractivity contribution < 1.29 is 4.79 Å². The van der Waals surface area contributed by atoms with E-state index in [2.05, 4.69) is 36.2 Å².